The summed E-state index contributed by atoms with van der Waals surface area (Å²) in [6.45, 7) is 12.9. The van der Waals surface area contributed by atoms with Gasteiger partial charge in [-0.15, -0.1) is 0 Å². The average Bonchev–Trinajstić information content (AvgIpc) is 3.41. The molecule has 182 valence electrons. The van der Waals surface area contributed by atoms with Crippen molar-refractivity contribution in [1.82, 2.24) is 14.5 Å². The van der Waals surface area contributed by atoms with Crippen LogP contribution in [0.25, 0.3) is 22.4 Å². The molecule has 1 amide bonds. The number of carbonyl (C=O) groups excluding carboxylic acids is 2. The van der Waals surface area contributed by atoms with E-state index in [2.05, 4.69) is 4.98 Å². The van der Waals surface area contributed by atoms with Gasteiger partial charge in [-0.1, -0.05) is 42.5 Å². The predicted molar refractivity (Wildman–Crippen MR) is 134 cm³/mol. The van der Waals surface area contributed by atoms with Crippen LogP contribution in [-0.4, -0.2) is 50.9 Å². The van der Waals surface area contributed by atoms with E-state index in [1.165, 1.54) is 4.57 Å². The molecule has 0 spiro atoms. The molecule has 0 N–H and O–H groups in total. The summed E-state index contributed by atoms with van der Waals surface area (Å²) >= 11 is 0. The zero-order valence-electron chi connectivity index (χ0n) is 21.0. The first-order valence-corrected chi connectivity index (χ1v) is 11.7. The molecule has 0 atom stereocenters. The maximum absolute atomic E-state index is 12.6. The number of nitrogens with zero attached hydrogens (tertiary/aromatic N) is 3. The van der Waals surface area contributed by atoms with E-state index < -0.39 is 11.7 Å². The number of para-hydroxylation sites is 2. The molecule has 2 heterocycles. The van der Waals surface area contributed by atoms with Crippen molar-refractivity contribution >= 4 is 23.2 Å². The van der Waals surface area contributed by atoms with Crippen LogP contribution < -0.4 is 0 Å². The van der Waals surface area contributed by atoms with Crippen molar-refractivity contribution in [2.24, 2.45) is 0 Å². The van der Waals surface area contributed by atoms with Crippen molar-refractivity contribution in [2.75, 3.05) is 13.1 Å². The van der Waals surface area contributed by atoms with E-state index >= 15 is 0 Å². The quantitative estimate of drug-likeness (QED) is 0.410. The van der Waals surface area contributed by atoms with Gasteiger partial charge in [0.05, 0.1) is 11.0 Å². The van der Waals surface area contributed by atoms with E-state index in [9.17, 15) is 9.59 Å². The highest BCUT2D eigenvalue weighted by Gasteiger charge is 2.24. The molecule has 1 aromatic heterocycles. The topological polar surface area (TPSA) is 73.7 Å². The van der Waals surface area contributed by atoms with Gasteiger partial charge in [0.2, 0.25) is 0 Å². The monoisotopic (exact) mass is 465 g/mol. The number of imidazole rings is 1. The van der Waals surface area contributed by atoms with Crippen LogP contribution >= 0.6 is 0 Å². The van der Waals surface area contributed by atoms with Crippen LogP contribution in [0.15, 0.2) is 54.6 Å². The first kappa shape index (κ1) is 25.3. The molecular formula is C27H35N3O4. The second kappa shape index (κ2) is 10.3. The molecule has 1 saturated heterocycles. The Morgan fingerprint density at radius 1 is 0.765 bits per heavy atom. The van der Waals surface area contributed by atoms with Gasteiger partial charge in [-0.25, -0.2) is 19.1 Å². The Hall–Kier alpha value is -3.35. The molecule has 7 nitrogen and oxygen atoms in total. The molecule has 0 saturated carbocycles. The Bertz CT molecular complexity index is 1120. The minimum atomic E-state index is -0.559. The van der Waals surface area contributed by atoms with E-state index in [0.29, 0.717) is 5.82 Å². The number of fused-ring (bicyclic) bond motifs is 1. The Morgan fingerprint density at radius 3 is 1.88 bits per heavy atom. The molecule has 2 aromatic carbocycles. The van der Waals surface area contributed by atoms with Crippen molar-refractivity contribution in [2.45, 2.75) is 65.6 Å². The standard InChI is InChI=1S/C18H18N2O2.C9H17NO2/c1-18(2,3)22-17(21)20-15-12-8-7-11-14(15)19-16(20)13-9-5-4-6-10-13;1-9(2,3)12-8(11)10-6-4-5-7-10/h4-12H,1-3H3;4-7H2,1-3H3. The summed E-state index contributed by atoms with van der Waals surface area (Å²) in [4.78, 5) is 30.4. The number of ether oxygens (including phenoxy) is 2. The highest BCUT2D eigenvalue weighted by atomic mass is 16.6. The van der Waals surface area contributed by atoms with Gasteiger partial charge in [-0.05, 0) is 66.5 Å². The minimum Gasteiger partial charge on any atom is -0.444 e. The fourth-order valence-electron chi connectivity index (χ4n) is 3.53. The smallest absolute Gasteiger partial charge is 0.420 e. The van der Waals surface area contributed by atoms with Gasteiger partial charge in [0.25, 0.3) is 0 Å². The number of likely N-dealkylation sites (tertiary alicyclic amines) is 1. The van der Waals surface area contributed by atoms with Gasteiger partial charge in [0.15, 0.2) is 5.82 Å². The van der Waals surface area contributed by atoms with E-state index in [-0.39, 0.29) is 11.7 Å². The number of rotatable bonds is 1. The molecule has 0 unspecified atom stereocenters. The summed E-state index contributed by atoms with van der Waals surface area (Å²) in [5.41, 5.74) is 1.48. The number of aromatic nitrogens is 2. The Kier molecular flexibility index (Phi) is 7.64. The lowest BCUT2D eigenvalue weighted by molar-refractivity contribution is 0.0294. The van der Waals surface area contributed by atoms with Crippen molar-refractivity contribution < 1.29 is 19.1 Å². The van der Waals surface area contributed by atoms with Crippen molar-refractivity contribution in [3.05, 3.63) is 54.6 Å². The van der Waals surface area contributed by atoms with Crippen molar-refractivity contribution in [3.63, 3.8) is 0 Å². The highest BCUT2D eigenvalue weighted by Crippen LogP contribution is 2.26. The third kappa shape index (κ3) is 6.83. The normalized spacial score (nSPS) is 13.9. The molecule has 0 aliphatic carbocycles. The summed E-state index contributed by atoms with van der Waals surface area (Å²) in [6.07, 6.45) is 1.64. The zero-order chi connectivity index (χ0) is 24.9. The number of hydrogen-bond acceptors (Lipinski definition) is 5. The van der Waals surface area contributed by atoms with Crippen LogP contribution in [0, 0.1) is 0 Å². The number of benzene rings is 2. The largest absolute Gasteiger partial charge is 0.444 e. The first-order valence-electron chi connectivity index (χ1n) is 11.7. The third-order valence-electron chi connectivity index (χ3n) is 4.93. The SMILES string of the molecule is CC(C)(C)OC(=O)N1CCCC1.CC(C)(C)OC(=O)n1c(-c2ccccc2)nc2ccccc21. The second-order valence-electron chi connectivity index (χ2n) is 10.3. The average molecular weight is 466 g/mol. The molecule has 34 heavy (non-hydrogen) atoms. The molecule has 4 rings (SSSR count). The summed E-state index contributed by atoms with van der Waals surface area (Å²) in [5, 5.41) is 0. The number of amides is 1. The predicted octanol–water partition coefficient (Wildman–Crippen LogP) is 6.50. The molecule has 0 bridgehead atoms. The molecule has 1 aliphatic heterocycles. The van der Waals surface area contributed by atoms with Crippen LogP contribution in [0.4, 0.5) is 9.59 Å². The lowest BCUT2D eigenvalue weighted by Crippen LogP contribution is -2.34. The summed E-state index contributed by atoms with van der Waals surface area (Å²) in [6, 6.07) is 17.2. The van der Waals surface area contributed by atoms with E-state index in [1.807, 2.05) is 96.1 Å². The Balaban J connectivity index is 0.000000229. The van der Waals surface area contributed by atoms with Crippen LogP contribution in [0.5, 0.6) is 0 Å². The van der Waals surface area contributed by atoms with Gasteiger partial charge in [0.1, 0.15) is 11.2 Å². The van der Waals surface area contributed by atoms with Crippen LogP contribution in [-0.2, 0) is 9.47 Å². The lowest BCUT2D eigenvalue weighted by Gasteiger charge is -2.23. The minimum absolute atomic E-state index is 0.167. The van der Waals surface area contributed by atoms with E-state index in [4.69, 9.17) is 9.47 Å². The van der Waals surface area contributed by atoms with E-state index in [1.54, 1.807) is 4.90 Å². The Labute approximate surface area is 201 Å². The fourth-order valence-corrected chi connectivity index (χ4v) is 3.53. The van der Waals surface area contributed by atoms with Crippen LogP contribution in [0.1, 0.15) is 54.4 Å². The van der Waals surface area contributed by atoms with Gasteiger partial charge < -0.3 is 14.4 Å². The number of carbonyl (C=O) groups is 2. The maximum atomic E-state index is 12.6. The fraction of sp³-hybridized carbons (Fsp3) is 0.444. The third-order valence-corrected chi connectivity index (χ3v) is 4.93. The lowest BCUT2D eigenvalue weighted by atomic mass is 10.2. The van der Waals surface area contributed by atoms with Gasteiger partial charge >= 0.3 is 12.2 Å². The molecule has 0 radical (unpaired) electrons. The first-order chi connectivity index (χ1) is 15.9. The van der Waals surface area contributed by atoms with Crippen molar-refractivity contribution in [3.8, 4) is 11.4 Å². The Morgan fingerprint density at radius 2 is 1.29 bits per heavy atom. The summed E-state index contributed by atoms with van der Waals surface area (Å²) in [7, 11) is 0. The van der Waals surface area contributed by atoms with Crippen LogP contribution in [0.3, 0.4) is 0 Å². The van der Waals surface area contributed by atoms with Crippen molar-refractivity contribution in [1.29, 1.82) is 0 Å². The van der Waals surface area contributed by atoms with Crippen LogP contribution in [0.2, 0.25) is 0 Å². The van der Waals surface area contributed by atoms with Gasteiger partial charge in [-0.2, -0.15) is 0 Å². The maximum Gasteiger partial charge on any atom is 0.420 e. The summed E-state index contributed by atoms with van der Waals surface area (Å²) < 4.78 is 12.3. The zero-order valence-corrected chi connectivity index (χ0v) is 21.0. The highest BCUT2D eigenvalue weighted by molar-refractivity contribution is 5.92. The second-order valence-corrected chi connectivity index (χ2v) is 10.3. The molecule has 1 aliphatic rings. The molecule has 1 fully saturated rings. The number of hydrogen-bond donors (Lipinski definition) is 0. The summed E-state index contributed by atoms with van der Waals surface area (Å²) in [5.74, 6) is 0.594. The van der Waals surface area contributed by atoms with Gasteiger partial charge in [0, 0.05) is 18.7 Å². The molecular weight excluding hydrogens is 430 g/mol. The molecule has 3 aromatic rings. The van der Waals surface area contributed by atoms with E-state index in [0.717, 1.165) is 42.5 Å². The van der Waals surface area contributed by atoms with Gasteiger partial charge in [-0.3, -0.25) is 0 Å². The molecule has 7 heteroatoms.